The Morgan fingerprint density at radius 2 is 2.07 bits per heavy atom. The number of benzene rings is 1. The zero-order chi connectivity index (χ0) is 10.7. The van der Waals surface area contributed by atoms with E-state index < -0.39 is 0 Å². The minimum Gasteiger partial charge on any atom is -0.314 e. The number of tetrazole rings is 1. The van der Waals surface area contributed by atoms with Crippen LogP contribution in [0.25, 0.3) is 5.69 Å². The van der Waals surface area contributed by atoms with Crippen LogP contribution in [0.3, 0.4) is 0 Å². The van der Waals surface area contributed by atoms with E-state index in [0.29, 0.717) is 5.82 Å². The van der Waals surface area contributed by atoms with Crippen LogP contribution in [0, 0.1) is 0 Å². The Labute approximate surface area is 86.7 Å². The van der Waals surface area contributed by atoms with Crippen molar-refractivity contribution in [3.63, 3.8) is 0 Å². The van der Waals surface area contributed by atoms with Gasteiger partial charge >= 0.3 is 0 Å². The van der Waals surface area contributed by atoms with E-state index in [-0.39, 0.29) is 6.54 Å². The van der Waals surface area contributed by atoms with E-state index in [1.807, 2.05) is 30.3 Å². The zero-order valence-electron chi connectivity index (χ0n) is 8.28. The Morgan fingerprint density at radius 1 is 1.33 bits per heavy atom. The van der Waals surface area contributed by atoms with Gasteiger partial charge in [0.05, 0.1) is 12.2 Å². The van der Waals surface area contributed by atoms with Crippen molar-refractivity contribution in [2.75, 3.05) is 7.05 Å². The van der Waals surface area contributed by atoms with Crippen LogP contribution in [0.2, 0.25) is 0 Å². The lowest BCUT2D eigenvalue weighted by atomic mass is 10.3. The topological polar surface area (TPSA) is 67.1 Å². The highest BCUT2D eigenvalue weighted by atomic mass is 16.5. The summed E-state index contributed by atoms with van der Waals surface area (Å²) in [7, 11) is 1.53. The molecule has 0 aliphatic heterocycles. The van der Waals surface area contributed by atoms with Crippen molar-refractivity contribution in [1.29, 1.82) is 0 Å². The molecule has 6 heteroatoms. The summed E-state index contributed by atoms with van der Waals surface area (Å²) < 4.78 is 0. The highest BCUT2D eigenvalue weighted by molar-refractivity contribution is 5.27. The van der Waals surface area contributed by atoms with Crippen LogP contribution >= 0.6 is 0 Å². The van der Waals surface area contributed by atoms with E-state index in [2.05, 4.69) is 15.4 Å². The second-order valence-corrected chi connectivity index (χ2v) is 3.15. The van der Waals surface area contributed by atoms with Gasteiger partial charge in [0, 0.05) is 7.05 Å². The largest absolute Gasteiger partial charge is 0.314 e. The quantitative estimate of drug-likeness (QED) is 0.738. The van der Waals surface area contributed by atoms with Crippen LogP contribution in [0.1, 0.15) is 5.82 Å². The summed E-state index contributed by atoms with van der Waals surface area (Å²) in [5.41, 5.74) is 0.844. The molecule has 0 unspecified atom stereocenters. The maximum Gasteiger partial charge on any atom is 0.191 e. The van der Waals surface area contributed by atoms with Crippen molar-refractivity contribution < 1.29 is 5.21 Å². The van der Waals surface area contributed by atoms with E-state index in [9.17, 15) is 0 Å². The number of para-hydroxylation sites is 1. The highest BCUT2D eigenvalue weighted by Gasteiger charge is 2.05. The average molecular weight is 205 g/mol. The molecule has 0 fully saturated rings. The van der Waals surface area contributed by atoms with E-state index in [1.54, 1.807) is 0 Å². The molecule has 2 aromatic rings. The first-order chi connectivity index (χ1) is 7.25. The molecule has 0 bridgehead atoms. The normalized spacial score (nSPS) is 10.9. The molecule has 1 aromatic carbocycles. The van der Waals surface area contributed by atoms with E-state index in [0.717, 1.165) is 10.8 Å². The second-order valence-electron chi connectivity index (χ2n) is 3.15. The minimum atomic E-state index is 0.257. The van der Waals surface area contributed by atoms with E-state index in [1.165, 1.54) is 11.8 Å². The fourth-order valence-electron chi connectivity index (χ4n) is 1.18. The Kier molecular flexibility index (Phi) is 2.70. The first-order valence-electron chi connectivity index (χ1n) is 4.50. The average Bonchev–Trinajstić information content (AvgIpc) is 2.67. The van der Waals surface area contributed by atoms with Gasteiger partial charge in [0.1, 0.15) is 0 Å². The SMILES string of the molecule is CN(O)Cc1nnn(-c2ccccc2)n1. The smallest absolute Gasteiger partial charge is 0.191 e. The van der Waals surface area contributed by atoms with Crippen molar-refractivity contribution in [1.82, 2.24) is 25.3 Å². The number of nitrogens with zero attached hydrogens (tertiary/aromatic N) is 5. The van der Waals surface area contributed by atoms with E-state index in [4.69, 9.17) is 5.21 Å². The zero-order valence-corrected chi connectivity index (χ0v) is 8.28. The van der Waals surface area contributed by atoms with Crippen LogP contribution in [-0.4, -0.2) is 37.5 Å². The standard InChI is InChI=1S/C9H11N5O/c1-13(15)7-9-10-12-14(11-9)8-5-3-2-4-6-8/h2-6,15H,7H2,1H3. The molecule has 15 heavy (non-hydrogen) atoms. The predicted molar refractivity (Wildman–Crippen MR) is 52.4 cm³/mol. The summed E-state index contributed by atoms with van der Waals surface area (Å²) in [6, 6.07) is 9.48. The van der Waals surface area contributed by atoms with Gasteiger partial charge in [-0.15, -0.1) is 15.0 Å². The summed E-state index contributed by atoms with van der Waals surface area (Å²) in [4.78, 5) is 1.43. The number of hydroxylamine groups is 2. The molecule has 0 radical (unpaired) electrons. The molecular weight excluding hydrogens is 194 g/mol. The molecule has 1 N–H and O–H groups in total. The fourth-order valence-corrected chi connectivity index (χ4v) is 1.18. The lowest BCUT2D eigenvalue weighted by Gasteiger charge is -2.01. The molecular formula is C9H11N5O. The summed E-state index contributed by atoms with van der Waals surface area (Å²) in [5.74, 6) is 0.476. The van der Waals surface area contributed by atoms with Crippen molar-refractivity contribution in [3.8, 4) is 5.69 Å². The molecule has 2 rings (SSSR count). The van der Waals surface area contributed by atoms with Gasteiger partial charge in [-0.3, -0.25) is 0 Å². The van der Waals surface area contributed by atoms with Gasteiger partial charge in [0.15, 0.2) is 5.82 Å². The molecule has 6 nitrogen and oxygen atoms in total. The van der Waals surface area contributed by atoms with Crippen molar-refractivity contribution in [2.45, 2.75) is 6.54 Å². The van der Waals surface area contributed by atoms with Crippen LogP contribution in [-0.2, 0) is 6.54 Å². The van der Waals surface area contributed by atoms with Gasteiger partial charge in [0.25, 0.3) is 0 Å². The molecule has 1 heterocycles. The Hall–Kier alpha value is -1.79. The maximum absolute atomic E-state index is 9.00. The van der Waals surface area contributed by atoms with Gasteiger partial charge in [-0.25, -0.2) is 0 Å². The second kappa shape index (κ2) is 4.16. The molecule has 0 saturated heterocycles. The first kappa shape index (κ1) is 9.75. The fraction of sp³-hybridized carbons (Fsp3) is 0.222. The van der Waals surface area contributed by atoms with Gasteiger partial charge in [-0.05, 0) is 17.3 Å². The number of aromatic nitrogens is 4. The third-order valence-electron chi connectivity index (χ3n) is 1.81. The molecule has 0 aliphatic carbocycles. The minimum absolute atomic E-state index is 0.257. The first-order valence-corrected chi connectivity index (χ1v) is 4.50. The van der Waals surface area contributed by atoms with Crippen LogP contribution < -0.4 is 0 Å². The van der Waals surface area contributed by atoms with Crippen molar-refractivity contribution in [2.24, 2.45) is 0 Å². The summed E-state index contributed by atoms with van der Waals surface area (Å²) in [6.45, 7) is 0.257. The highest BCUT2D eigenvalue weighted by Crippen LogP contribution is 2.02. The Bertz CT molecular complexity index is 425. The molecule has 1 aromatic heterocycles. The van der Waals surface area contributed by atoms with Crippen LogP contribution in [0.15, 0.2) is 30.3 Å². The molecule has 0 aliphatic rings. The Balaban J connectivity index is 2.21. The maximum atomic E-state index is 9.00. The lowest BCUT2D eigenvalue weighted by Crippen LogP contribution is -2.13. The summed E-state index contributed by atoms with van der Waals surface area (Å²) >= 11 is 0. The van der Waals surface area contributed by atoms with Gasteiger partial charge in [0.2, 0.25) is 0 Å². The van der Waals surface area contributed by atoms with Gasteiger partial charge in [-0.1, -0.05) is 18.2 Å². The van der Waals surface area contributed by atoms with Crippen LogP contribution in [0.5, 0.6) is 0 Å². The molecule has 0 amide bonds. The Morgan fingerprint density at radius 3 is 2.73 bits per heavy atom. The third kappa shape index (κ3) is 2.36. The van der Waals surface area contributed by atoms with Crippen molar-refractivity contribution in [3.05, 3.63) is 36.2 Å². The van der Waals surface area contributed by atoms with E-state index >= 15 is 0 Å². The summed E-state index contributed by atoms with van der Waals surface area (Å²) in [6.07, 6.45) is 0. The van der Waals surface area contributed by atoms with Crippen LogP contribution in [0.4, 0.5) is 0 Å². The van der Waals surface area contributed by atoms with Crippen molar-refractivity contribution >= 4 is 0 Å². The predicted octanol–water partition coefficient (Wildman–Crippen LogP) is 0.483. The number of hydrogen-bond acceptors (Lipinski definition) is 5. The summed E-state index contributed by atoms with van der Waals surface area (Å²) in [5, 5.41) is 21.8. The number of rotatable bonds is 3. The number of hydrogen-bond donors (Lipinski definition) is 1. The molecule has 0 atom stereocenters. The van der Waals surface area contributed by atoms with Gasteiger partial charge < -0.3 is 5.21 Å². The third-order valence-corrected chi connectivity index (χ3v) is 1.81. The monoisotopic (exact) mass is 205 g/mol. The lowest BCUT2D eigenvalue weighted by molar-refractivity contribution is -0.0750. The molecule has 0 saturated carbocycles. The molecule has 78 valence electrons. The molecule has 0 spiro atoms. The van der Waals surface area contributed by atoms with Gasteiger partial charge in [-0.2, -0.15) is 5.06 Å².